The van der Waals surface area contributed by atoms with Gasteiger partial charge in [0.2, 0.25) is 0 Å². The van der Waals surface area contributed by atoms with Gasteiger partial charge in [-0.2, -0.15) is 0 Å². The molecule has 78 valence electrons. The van der Waals surface area contributed by atoms with E-state index in [0.29, 0.717) is 17.5 Å². The Morgan fingerprint density at radius 1 is 1.47 bits per heavy atom. The zero-order valence-electron chi connectivity index (χ0n) is 8.07. The Bertz CT molecular complexity index is 457. The Kier molecular flexibility index (Phi) is 2.82. The largest absolute Gasteiger partial charge is 0.448 e. The Balaban J connectivity index is 2.02. The summed E-state index contributed by atoms with van der Waals surface area (Å²) < 4.78 is 5.06. The maximum atomic E-state index is 5.69. The third-order valence-electron chi connectivity index (χ3n) is 1.89. The van der Waals surface area contributed by atoms with Gasteiger partial charge in [-0.15, -0.1) is 0 Å². The summed E-state index contributed by atoms with van der Waals surface area (Å²) in [5, 5.41) is 3.41. The van der Waals surface area contributed by atoms with E-state index in [9.17, 15) is 0 Å². The zero-order chi connectivity index (χ0) is 10.7. The number of rotatable bonds is 3. The lowest BCUT2D eigenvalue weighted by atomic mass is 10.3. The number of aryl methyl sites for hydroxylation is 1. The Labute approximate surface area is 91.5 Å². The minimum Gasteiger partial charge on any atom is -0.448 e. The molecule has 2 aromatic rings. The Morgan fingerprint density at radius 3 is 3.00 bits per heavy atom. The molecular weight excluding hydrogens is 216 g/mol. The molecule has 2 heterocycles. The summed E-state index contributed by atoms with van der Waals surface area (Å²) in [5.74, 6) is 1.40. The standard InChI is InChI=1S/C9H9ClN4O/c1-6-7(13-5-15-6)2-12-9-4-11-3-8(10)14-9/h3-5H,2H2,1H3,(H,12,14). The third-order valence-corrected chi connectivity index (χ3v) is 2.07. The van der Waals surface area contributed by atoms with Crippen molar-refractivity contribution in [1.29, 1.82) is 0 Å². The van der Waals surface area contributed by atoms with E-state index in [0.717, 1.165) is 11.5 Å². The molecule has 0 atom stereocenters. The monoisotopic (exact) mass is 224 g/mol. The number of aromatic nitrogens is 3. The first-order valence-electron chi connectivity index (χ1n) is 4.36. The van der Waals surface area contributed by atoms with Gasteiger partial charge in [0.1, 0.15) is 22.4 Å². The highest BCUT2D eigenvalue weighted by Crippen LogP contribution is 2.10. The topological polar surface area (TPSA) is 63.8 Å². The van der Waals surface area contributed by atoms with Crippen molar-refractivity contribution in [2.45, 2.75) is 13.5 Å². The van der Waals surface area contributed by atoms with Crippen LogP contribution in [0.3, 0.4) is 0 Å². The van der Waals surface area contributed by atoms with Crippen LogP contribution in [0.5, 0.6) is 0 Å². The van der Waals surface area contributed by atoms with Crippen LogP contribution in [0.25, 0.3) is 0 Å². The van der Waals surface area contributed by atoms with Crippen LogP contribution in [-0.4, -0.2) is 15.0 Å². The Hall–Kier alpha value is -1.62. The fourth-order valence-electron chi connectivity index (χ4n) is 1.10. The second-order valence-corrected chi connectivity index (χ2v) is 3.32. The highest BCUT2D eigenvalue weighted by molar-refractivity contribution is 6.29. The fraction of sp³-hybridized carbons (Fsp3) is 0.222. The predicted octanol–water partition coefficient (Wildman–Crippen LogP) is 2.04. The molecular formula is C9H9ClN4O. The van der Waals surface area contributed by atoms with Crippen LogP contribution in [0.15, 0.2) is 23.2 Å². The van der Waals surface area contributed by atoms with E-state index in [4.69, 9.17) is 16.0 Å². The van der Waals surface area contributed by atoms with Crippen LogP contribution in [0, 0.1) is 6.92 Å². The van der Waals surface area contributed by atoms with Crippen molar-refractivity contribution >= 4 is 17.4 Å². The van der Waals surface area contributed by atoms with Gasteiger partial charge in [-0.25, -0.2) is 9.97 Å². The number of halogens is 1. The van der Waals surface area contributed by atoms with E-state index < -0.39 is 0 Å². The molecule has 0 unspecified atom stereocenters. The summed E-state index contributed by atoms with van der Waals surface area (Å²) in [6.07, 6.45) is 4.49. The molecule has 0 aliphatic heterocycles. The molecule has 0 saturated heterocycles. The molecule has 0 aliphatic rings. The van der Waals surface area contributed by atoms with Crippen molar-refractivity contribution < 1.29 is 4.42 Å². The van der Waals surface area contributed by atoms with Crippen LogP contribution >= 0.6 is 11.6 Å². The van der Waals surface area contributed by atoms with Gasteiger partial charge in [0.25, 0.3) is 0 Å². The van der Waals surface area contributed by atoms with Gasteiger partial charge >= 0.3 is 0 Å². The van der Waals surface area contributed by atoms with Gasteiger partial charge in [0, 0.05) is 0 Å². The van der Waals surface area contributed by atoms with E-state index in [1.54, 1.807) is 6.20 Å². The summed E-state index contributed by atoms with van der Waals surface area (Å²) >= 11 is 5.69. The predicted molar refractivity (Wildman–Crippen MR) is 55.6 cm³/mol. The lowest BCUT2D eigenvalue weighted by molar-refractivity contribution is 0.524. The maximum Gasteiger partial charge on any atom is 0.181 e. The van der Waals surface area contributed by atoms with Gasteiger partial charge in [-0.3, -0.25) is 4.98 Å². The molecule has 2 aromatic heterocycles. The number of hydrogen-bond donors (Lipinski definition) is 1. The van der Waals surface area contributed by atoms with Crippen molar-refractivity contribution in [2.75, 3.05) is 5.32 Å². The van der Waals surface area contributed by atoms with Gasteiger partial charge in [0.15, 0.2) is 6.39 Å². The molecule has 0 bridgehead atoms. The molecule has 0 amide bonds. The highest BCUT2D eigenvalue weighted by Gasteiger charge is 2.03. The van der Waals surface area contributed by atoms with Crippen LogP contribution in [0.2, 0.25) is 5.15 Å². The number of nitrogens with zero attached hydrogens (tertiary/aromatic N) is 3. The molecule has 0 radical (unpaired) electrons. The van der Waals surface area contributed by atoms with Crippen molar-refractivity contribution in [2.24, 2.45) is 0 Å². The number of anilines is 1. The number of oxazole rings is 1. The first kappa shape index (κ1) is 9.92. The van der Waals surface area contributed by atoms with Crippen LogP contribution in [0.4, 0.5) is 5.82 Å². The normalized spacial score (nSPS) is 10.3. The van der Waals surface area contributed by atoms with E-state index in [1.165, 1.54) is 12.6 Å². The second kappa shape index (κ2) is 4.27. The summed E-state index contributed by atoms with van der Waals surface area (Å²) in [4.78, 5) is 12.0. The average Bonchev–Trinajstić information content (AvgIpc) is 2.61. The van der Waals surface area contributed by atoms with Gasteiger partial charge < -0.3 is 9.73 Å². The molecule has 0 aromatic carbocycles. The Morgan fingerprint density at radius 2 is 2.33 bits per heavy atom. The van der Waals surface area contributed by atoms with Gasteiger partial charge in [0.05, 0.1) is 18.9 Å². The van der Waals surface area contributed by atoms with Gasteiger partial charge in [-0.05, 0) is 6.92 Å². The first-order valence-corrected chi connectivity index (χ1v) is 4.74. The molecule has 0 spiro atoms. The van der Waals surface area contributed by atoms with Crippen LogP contribution < -0.4 is 5.32 Å². The molecule has 0 saturated carbocycles. The van der Waals surface area contributed by atoms with Crippen molar-refractivity contribution in [3.8, 4) is 0 Å². The molecule has 15 heavy (non-hydrogen) atoms. The molecule has 5 nitrogen and oxygen atoms in total. The van der Waals surface area contributed by atoms with Crippen molar-refractivity contribution in [3.05, 3.63) is 35.4 Å². The molecule has 6 heteroatoms. The molecule has 1 N–H and O–H groups in total. The average molecular weight is 225 g/mol. The van der Waals surface area contributed by atoms with E-state index in [-0.39, 0.29) is 0 Å². The lowest BCUT2D eigenvalue weighted by Gasteiger charge is -2.02. The van der Waals surface area contributed by atoms with Crippen LogP contribution in [0.1, 0.15) is 11.5 Å². The quantitative estimate of drug-likeness (QED) is 0.864. The summed E-state index contributed by atoms with van der Waals surface area (Å²) in [6.45, 7) is 2.39. The minimum absolute atomic E-state index is 0.358. The number of hydrogen-bond acceptors (Lipinski definition) is 5. The smallest absolute Gasteiger partial charge is 0.181 e. The maximum absolute atomic E-state index is 5.69. The van der Waals surface area contributed by atoms with E-state index in [2.05, 4.69) is 20.3 Å². The minimum atomic E-state index is 0.358. The second-order valence-electron chi connectivity index (χ2n) is 2.94. The van der Waals surface area contributed by atoms with Crippen molar-refractivity contribution in [3.63, 3.8) is 0 Å². The molecule has 2 rings (SSSR count). The fourth-order valence-corrected chi connectivity index (χ4v) is 1.25. The van der Waals surface area contributed by atoms with E-state index in [1.807, 2.05) is 6.92 Å². The molecule has 0 fully saturated rings. The van der Waals surface area contributed by atoms with Gasteiger partial charge in [-0.1, -0.05) is 11.6 Å². The van der Waals surface area contributed by atoms with Crippen molar-refractivity contribution in [1.82, 2.24) is 15.0 Å². The first-order chi connectivity index (χ1) is 7.25. The molecule has 0 aliphatic carbocycles. The lowest BCUT2D eigenvalue weighted by Crippen LogP contribution is -2.03. The van der Waals surface area contributed by atoms with Crippen LogP contribution in [-0.2, 0) is 6.54 Å². The summed E-state index contributed by atoms with van der Waals surface area (Å²) in [7, 11) is 0. The number of nitrogens with one attached hydrogen (secondary N) is 1. The third kappa shape index (κ3) is 2.44. The summed E-state index contributed by atoms with van der Waals surface area (Å²) in [6, 6.07) is 0. The summed E-state index contributed by atoms with van der Waals surface area (Å²) in [5.41, 5.74) is 0.844. The van der Waals surface area contributed by atoms with E-state index >= 15 is 0 Å². The zero-order valence-corrected chi connectivity index (χ0v) is 8.82. The highest BCUT2D eigenvalue weighted by atomic mass is 35.5. The SMILES string of the molecule is Cc1ocnc1CNc1cncc(Cl)n1.